The lowest BCUT2D eigenvalue weighted by molar-refractivity contribution is -0.144. The summed E-state index contributed by atoms with van der Waals surface area (Å²) in [5, 5.41) is 8.06. The molecule has 0 radical (unpaired) electrons. The largest absolute Gasteiger partial charge is 0.466 e. The van der Waals surface area contributed by atoms with Crippen molar-refractivity contribution in [2.24, 2.45) is 0 Å². The number of aryl methyl sites for hydroxylation is 1. The molecule has 18 heavy (non-hydrogen) atoms. The summed E-state index contributed by atoms with van der Waals surface area (Å²) in [5.74, 6) is -0.178. The standard InChI is InChI=1S/C13H17N3O2/c1-2-3-10-18-13(17)8-9-16-12-7-5-4-6-11(12)14-15-16/h4-7H,2-3,8-10H2,1H3. The molecule has 0 saturated carbocycles. The quantitative estimate of drug-likeness (QED) is 0.580. The number of hydrogen-bond donors (Lipinski definition) is 0. The van der Waals surface area contributed by atoms with Crippen LogP contribution in [-0.2, 0) is 16.1 Å². The molecule has 5 nitrogen and oxygen atoms in total. The zero-order chi connectivity index (χ0) is 12.8. The fourth-order valence-corrected chi connectivity index (χ4v) is 1.68. The second kappa shape index (κ2) is 6.14. The minimum atomic E-state index is -0.178. The van der Waals surface area contributed by atoms with Gasteiger partial charge >= 0.3 is 5.97 Å². The van der Waals surface area contributed by atoms with Crippen LogP contribution >= 0.6 is 0 Å². The number of hydrogen-bond acceptors (Lipinski definition) is 4. The molecule has 2 rings (SSSR count). The molecular formula is C13H17N3O2. The molecule has 0 aliphatic carbocycles. The van der Waals surface area contributed by atoms with Crippen LogP contribution in [0.2, 0.25) is 0 Å². The first-order chi connectivity index (χ1) is 8.81. The van der Waals surface area contributed by atoms with E-state index in [0.29, 0.717) is 19.6 Å². The second-order valence-electron chi connectivity index (χ2n) is 4.13. The van der Waals surface area contributed by atoms with E-state index in [1.165, 1.54) is 0 Å². The number of fused-ring (bicyclic) bond motifs is 1. The first-order valence-electron chi connectivity index (χ1n) is 6.25. The molecule has 0 unspecified atom stereocenters. The summed E-state index contributed by atoms with van der Waals surface area (Å²) in [6.45, 7) is 3.08. The number of aromatic nitrogens is 3. The molecule has 5 heteroatoms. The highest BCUT2D eigenvalue weighted by molar-refractivity contribution is 5.74. The van der Waals surface area contributed by atoms with E-state index in [1.54, 1.807) is 4.68 Å². The van der Waals surface area contributed by atoms with Crippen LogP contribution in [0.25, 0.3) is 11.0 Å². The number of ether oxygens (including phenoxy) is 1. The minimum absolute atomic E-state index is 0.178. The second-order valence-corrected chi connectivity index (χ2v) is 4.13. The van der Waals surface area contributed by atoms with Gasteiger partial charge in [0, 0.05) is 0 Å². The lowest BCUT2D eigenvalue weighted by atomic mass is 10.3. The Bertz CT molecular complexity index is 522. The van der Waals surface area contributed by atoms with Crippen molar-refractivity contribution in [2.75, 3.05) is 6.61 Å². The Hall–Kier alpha value is -1.91. The predicted molar refractivity (Wildman–Crippen MR) is 68.0 cm³/mol. The summed E-state index contributed by atoms with van der Waals surface area (Å²) >= 11 is 0. The molecule has 2 aromatic rings. The van der Waals surface area contributed by atoms with Gasteiger partial charge in [-0.1, -0.05) is 30.7 Å². The van der Waals surface area contributed by atoms with E-state index in [-0.39, 0.29) is 5.97 Å². The number of nitrogens with zero attached hydrogens (tertiary/aromatic N) is 3. The van der Waals surface area contributed by atoms with Crippen LogP contribution in [-0.4, -0.2) is 27.6 Å². The Morgan fingerprint density at radius 1 is 1.39 bits per heavy atom. The predicted octanol–water partition coefficient (Wildman–Crippen LogP) is 2.16. The van der Waals surface area contributed by atoms with Crippen molar-refractivity contribution in [1.29, 1.82) is 0 Å². The monoisotopic (exact) mass is 247 g/mol. The fourth-order valence-electron chi connectivity index (χ4n) is 1.68. The summed E-state index contributed by atoms with van der Waals surface area (Å²) in [6, 6.07) is 7.69. The molecule has 0 N–H and O–H groups in total. The van der Waals surface area contributed by atoms with Crippen LogP contribution in [0.3, 0.4) is 0 Å². The van der Waals surface area contributed by atoms with Gasteiger partial charge < -0.3 is 4.74 Å². The van der Waals surface area contributed by atoms with Gasteiger partial charge in [-0.15, -0.1) is 5.10 Å². The van der Waals surface area contributed by atoms with Crippen molar-refractivity contribution in [2.45, 2.75) is 32.7 Å². The maximum atomic E-state index is 11.5. The summed E-state index contributed by atoms with van der Waals surface area (Å²) in [7, 11) is 0. The van der Waals surface area contributed by atoms with Gasteiger partial charge in [0.2, 0.25) is 0 Å². The van der Waals surface area contributed by atoms with Crippen molar-refractivity contribution >= 4 is 17.0 Å². The van der Waals surface area contributed by atoms with Crippen LogP contribution in [0.15, 0.2) is 24.3 Å². The van der Waals surface area contributed by atoms with Crippen molar-refractivity contribution in [1.82, 2.24) is 15.0 Å². The first kappa shape index (κ1) is 12.5. The Kier molecular flexibility index (Phi) is 4.28. The molecule has 0 spiro atoms. The Balaban J connectivity index is 1.88. The molecule has 1 heterocycles. The number of rotatable bonds is 6. The van der Waals surface area contributed by atoms with Gasteiger partial charge in [-0.25, -0.2) is 4.68 Å². The van der Waals surface area contributed by atoms with Crippen LogP contribution < -0.4 is 0 Å². The number of benzene rings is 1. The van der Waals surface area contributed by atoms with Gasteiger partial charge in [-0.3, -0.25) is 4.79 Å². The lowest BCUT2D eigenvalue weighted by Crippen LogP contribution is -2.10. The van der Waals surface area contributed by atoms with Gasteiger partial charge in [0.05, 0.1) is 25.1 Å². The van der Waals surface area contributed by atoms with Crippen molar-refractivity contribution in [3.63, 3.8) is 0 Å². The van der Waals surface area contributed by atoms with Crippen molar-refractivity contribution in [3.8, 4) is 0 Å². The lowest BCUT2D eigenvalue weighted by Gasteiger charge is -2.04. The van der Waals surface area contributed by atoms with Crippen LogP contribution in [0, 0.1) is 0 Å². The van der Waals surface area contributed by atoms with E-state index in [1.807, 2.05) is 24.3 Å². The van der Waals surface area contributed by atoms with E-state index in [0.717, 1.165) is 23.9 Å². The number of carbonyl (C=O) groups is 1. The van der Waals surface area contributed by atoms with Crippen molar-refractivity contribution < 1.29 is 9.53 Å². The topological polar surface area (TPSA) is 57.0 Å². The van der Waals surface area contributed by atoms with E-state index in [9.17, 15) is 4.79 Å². The normalized spacial score (nSPS) is 10.7. The van der Waals surface area contributed by atoms with Gasteiger partial charge in [0.1, 0.15) is 5.52 Å². The maximum absolute atomic E-state index is 11.5. The van der Waals surface area contributed by atoms with Crippen LogP contribution in [0.5, 0.6) is 0 Å². The molecule has 1 aromatic heterocycles. The Morgan fingerprint density at radius 2 is 2.22 bits per heavy atom. The summed E-state index contributed by atoms with van der Waals surface area (Å²) in [5.41, 5.74) is 1.79. The smallest absolute Gasteiger partial charge is 0.307 e. The SMILES string of the molecule is CCCCOC(=O)CCn1nnc2ccccc21. The highest BCUT2D eigenvalue weighted by Crippen LogP contribution is 2.10. The summed E-state index contributed by atoms with van der Waals surface area (Å²) < 4.78 is 6.82. The average Bonchev–Trinajstić information content (AvgIpc) is 2.80. The average molecular weight is 247 g/mol. The Morgan fingerprint density at radius 3 is 3.06 bits per heavy atom. The number of carbonyl (C=O) groups excluding carboxylic acids is 1. The molecule has 0 bridgehead atoms. The molecule has 0 atom stereocenters. The molecule has 0 aliphatic heterocycles. The van der Waals surface area contributed by atoms with E-state index >= 15 is 0 Å². The molecule has 0 fully saturated rings. The number of esters is 1. The fraction of sp³-hybridized carbons (Fsp3) is 0.462. The van der Waals surface area contributed by atoms with Gasteiger partial charge in [-0.05, 0) is 18.6 Å². The van der Waals surface area contributed by atoms with E-state index in [2.05, 4.69) is 17.2 Å². The summed E-state index contributed by atoms with van der Waals surface area (Å²) in [4.78, 5) is 11.5. The van der Waals surface area contributed by atoms with E-state index < -0.39 is 0 Å². The molecule has 96 valence electrons. The zero-order valence-electron chi connectivity index (χ0n) is 10.5. The Labute approximate surface area is 106 Å². The van der Waals surface area contributed by atoms with Gasteiger partial charge in [-0.2, -0.15) is 0 Å². The van der Waals surface area contributed by atoms with Crippen LogP contribution in [0.1, 0.15) is 26.2 Å². The highest BCUT2D eigenvalue weighted by atomic mass is 16.5. The van der Waals surface area contributed by atoms with Gasteiger partial charge in [0.25, 0.3) is 0 Å². The summed E-state index contributed by atoms with van der Waals surface area (Å²) in [6.07, 6.45) is 2.27. The third kappa shape index (κ3) is 3.06. The van der Waals surface area contributed by atoms with Crippen LogP contribution in [0.4, 0.5) is 0 Å². The molecular weight excluding hydrogens is 230 g/mol. The third-order valence-electron chi connectivity index (χ3n) is 2.71. The zero-order valence-corrected chi connectivity index (χ0v) is 10.5. The minimum Gasteiger partial charge on any atom is -0.466 e. The molecule has 1 aromatic carbocycles. The maximum Gasteiger partial charge on any atom is 0.307 e. The van der Waals surface area contributed by atoms with Crippen molar-refractivity contribution in [3.05, 3.63) is 24.3 Å². The molecule has 0 saturated heterocycles. The number of para-hydroxylation sites is 1. The van der Waals surface area contributed by atoms with E-state index in [4.69, 9.17) is 4.74 Å². The molecule has 0 aliphatic rings. The molecule has 0 amide bonds. The number of unbranched alkanes of at least 4 members (excludes halogenated alkanes) is 1. The highest BCUT2D eigenvalue weighted by Gasteiger charge is 2.07. The first-order valence-corrected chi connectivity index (χ1v) is 6.25. The third-order valence-corrected chi connectivity index (χ3v) is 2.71. The van der Waals surface area contributed by atoms with Gasteiger partial charge in [0.15, 0.2) is 0 Å².